The predicted octanol–water partition coefficient (Wildman–Crippen LogP) is 3.57. The molecule has 1 aromatic heterocycles. The molecule has 4 rings (SSSR count). The Morgan fingerprint density at radius 1 is 1.23 bits per heavy atom. The SMILES string of the molecule is CC1(c2ccc(C(NC(=O)[C@H]3CC(F)CN3C(=O)O)c3ccccc3)nc2F)CC1. The van der Waals surface area contributed by atoms with Crippen LogP contribution in [-0.4, -0.2) is 45.7 Å². The Balaban J connectivity index is 1.64. The van der Waals surface area contributed by atoms with E-state index in [1.807, 2.05) is 13.0 Å². The fourth-order valence-electron chi connectivity index (χ4n) is 3.97. The highest BCUT2D eigenvalue weighted by Gasteiger charge is 2.42. The number of rotatable bonds is 5. The van der Waals surface area contributed by atoms with Crippen LogP contribution in [-0.2, 0) is 10.2 Å². The number of hydrogen-bond donors (Lipinski definition) is 2. The molecule has 2 unspecified atom stereocenters. The predicted molar refractivity (Wildman–Crippen MR) is 105 cm³/mol. The second kappa shape index (κ2) is 7.66. The van der Waals surface area contributed by atoms with Crippen LogP contribution in [0.25, 0.3) is 0 Å². The second-order valence-corrected chi connectivity index (χ2v) is 8.27. The number of nitrogens with zero attached hydrogens (tertiary/aromatic N) is 2. The quantitative estimate of drug-likeness (QED) is 0.732. The standard InChI is InChI=1S/C22H23F2N3O3/c1-22(9-10-22)15-7-8-16(25-19(15)24)18(13-5-3-2-4-6-13)26-20(28)17-11-14(23)12-27(17)21(29)30/h2-8,14,17-18H,9-12H2,1H3,(H,26,28)(H,29,30)/t14?,17-,18?/m1/s1. The number of aromatic nitrogens is 1. The summed E-state index contributed by atoms with van der Waals surface area (Å²) in [5.41, 5.74) is 1.33. The lowest BCUT2D eigenvalue weighted by Gasteiger charge is -2.25. The zero-order valence-electron chi connectivity index (χ0n) is 16.5. The van der Waals surface area contributed by atoms with E-state index >= 15 is 0 Å². The monoisotopic (exact) mass is 415 g/mol. The fourth-order valence-corrected chi connectivity index (χ4v) is 3.97. The van der Waals surface area contributed by atoms with Crippen molar-refractivity contribution in [2.24, 2.45) is 0 Å². The first-order valence-electron chi connectivity index (χ1n) is 9.94. The summed E-state index contributed by atoms with van der Waals surface area (Å²) >= 11 is 0. The van der Waals surface area contributed by atoms with Gasteiger partial charge in [-0.3, -0.25) is 9.69 Å². The van der Waals surface area contributed by atoms with E-state index in [0.29, 0.717) is 16.8 Å². The Kier molecular flexibility index (Phi) is 5.17. The van der Waals surface area contributed by atoms with Gasteiger partial charge in [-0.2, -0.15) is 4.39 Å². The minimum atomic E-state index is -1.40. The van der Waals surface area contributed by atoms with E-state index < -0.39 is 36.2 Å². The van der Waals surface area contributed by atoms with Gasteiger partial charge in [-0.05, 0) is 29.9 Å². The molecule has 1 aromatic carbocycles. The van der Waals surface area contributed by atoms with Gasteiger partial charge >= 0.3 is 6.09 Å². The minimum Gasteiger partial charge on any atom is -0.465 e. The summed E-state index contributed by atoms with van der Waals surface area (Å²) < 4.78 is 28.6. The highest BCUT2D eigenvalue weighted by molar-refractivity contribution is 5.86. The van der Waals surface area contributed by atoms with Crippen LogP contribution < -0.4 is 5.32 Å². The molecular formula is C22H23F2N3O3. The molecule has 1 aliphatic carbocycles. The van der Waals surface area contributed by atoms with Crippen LogP contribution in [0.3, 0.4) is 0 Å². The molecule has 2 aliphatic rings. The lowest BCUT2D eigenvalue weighted by Crippen LogP contribution is -2.46. The number of amides is 2. The molecule has 1 saturated heterocycles. The van der Waals surface area contributed by atoms with Crippen LogP contribution in [0, 0.1) is 5.95 Å². The Hall–Kier alpha value is -3.03. The van der Waals surface area contributed by atoms with Crippen molar-refractivity contribution in [3.63, 3.8) is 0 Å². The van der Waals surface area contributed by atoms with E-state index in [0.717, 1.165) is 17.7 Å². The lowest BCUT2D eigenvalue weighted by molar-refractivity contribution is -0.125. The third kappa shape index (κ3) is 3.86. The first-order chi connectivity index (χ1) is 14.3. The van der Waals surface area contributed by atoms with Crippen molar-refractivity contribution in [2.45, 2.75) is 49.9 Å². The molecular weight excluding hydrogens is 392 g/mol. The number of pyridine rings is 1. The molecule has 2 N–H and O–H groups in total. The molecule has 6 nitrogen and oxygen atoms in total. The highest BCUT2D eigenvalue weighted by Crippen LogP contribution is 2.48. The number of nitrogens with one attached hydrogen (secondary N) is 1. The smallest absolute Gasteiger partial charge is 0.408 e. The van der Waals surface area contributed by atoms with Crippen molar-refractivity contribution in [2.75, 3.05) is 6.54 Å². The third-order valence-electron chi connectivity index (χ3n) is 6.03. The average Bonchev–Trinajstić information content (AvgIpc) is 3.33. The maximum Gasteiger partial charge on any atom is 0.408 e. The van der Waals surface area contributed by atoms with Gasteiger partial charge in [0.1, 0.15) is 12.2 Å². The Bertz CT molecular complexity index is 965. The third-order valence-corrected chi connectivity index (χ3v) is 6.03. The summed E-state index contributed by atoms with van der Waals surface area (Å²) in [6, 6.07) is 10.4. The molecule has 8 heteroatoms. The number of hydrogen-bond acceptors (Lipinski definition) is 3. The topological polar surface area (TPSA) is 82.5 Å². The largest absolute Gasteiger partial charge is 0.465 e. The summed E-state index contributed by atoms with van der Waals surface area (Å²) in [6.07, 6.45) is -1.15. The molecule has 1 saturated carbocycles. The fraction of sp³-hybridized carbons (Fsp3) is 0.409. The number of alkyl halides is 1. The maximum atomic E-state index is 14.8. The van der Waals surface area contributed by atoms with Crippen molar-refractivity contribution < 1.29 is 23.5 Å². The van der Waals surface area contributed by atoms with Crippen molar-refractivity contribution in [1.82, 2.24) is 15.2 Å². The van der Waals surface area contributed by atoms with Gasteiger partial charge in [0.15, 0.2) is 0 Å². The minimum absolute atomic E-state index is 0.191. The van der Waals surface area contributed by atoms with Gasteiger partial charge in [0.25, 0.3) is 0 Å². The van der Waals surface area contributed by atoms with Crippen LogP contribution in [0.15, 0.2) is 42.5 Å². The number of halogens is 2. The molecule has 0 radical (unpaired) electrons. The summed E-state index contributed by atoms with van der Waals surface area (Å²) in [4.78, 5) is 29.2. The van der Waals surface area contributed by atoms with Crippen LogP contribution in [0.4, 0.5) is 13.6 Å². The number of benzene rings is 1. The molecule has 0 bridgehead atoms. The van der Waals surface area contributed by atoms with Gasteiger partial charge in [-0.1, -0.05) is 43.3 Å². The number of carbonyl (C=O) groups excluding carboxylic acids is 1. The zero-order chi connectivity index (χ0) is 21.5. The maximum absolute atomic E-state index is 14.8. The van der Waals surface area contributed by atoms with E-state index in [2.05, 4.69) is 10.3 Å². The molecule has 2 aromatic rings. The van der Waals surface area contributed by atoms with Crippen LogP contribution >= 0.6 is 0 Å². The number of likely N-dealkylation sites (tertiary alicyclic amines) is 1. The van der Waals surface area contributed by atoms with E-state index in [9.17, 15) is 23.5 Å². The Labute approximate surface area is 172 Å². The van der Waals surface area contributed by atoms with Crippen LogP contribution in [0.1, 0.15) is 49.0 Å². The van der Waals surface area contributed by atoms with Gasteiger partial charge in [0, 0.05) is 12.0 Å². The molecule has 3 atom stereocenters. The van der Waals surface area contributed by atoms with Gasteiger partial charge in [-0.15, -0.1) is 0 Å². The average molecular weight is 415 g/mol. The van der Waals surface area contributed by atoms with Crippen LogP contribution in [0.2, 0.25) is 0 Å². The normalized spacial score (nSPS) is 23.1. The van der Waals surface area contributed by atoms with Crippen molar-refractivity contribution in [1.29, 1.82) is 0 Å². The van der Waals surface area contributed by atoms with Gasteiger partial charge in [0.05, 0.1) is 18.3 Å². The van der Waals surface area contributed by atoms with Gasteiger partial charge in [-0.25, -0.2) is 14.2 Å². The van der Waals surface area contributed by atoms with Crippen molar-refractivity contribution in [3.05, 3.63) is 65.2 Å². The first kappa shape index (κ1) is 20.3. The Morgan fingerprint density at radius 3 is 2.53 bits per heavy atom. The van der Waals surface area contributed by atoms with E-state index in [1.54, 1.807) is 36.4 Å². The van der Waals surface area contributed by atoms with Crippen molar-refractivity contribution in [3.8, 4) is 0 Å². The summed E-state index contributed by atoms with van der Waals surface area (Å²) in [5.74, 6) is -1.20. The summed E-state index contributed by atoms with van der Waals surface area (Å²) in [6.45, 7) is 1.64. The molecule has 1 aliphatic heterocycles. The zero-order valence-corrected chi connectivity index (χ0v) is 16.5. The summed E-state index contributed by atoms with van der Waals surface area (Å²) in [7, 11) is 0. The first-order valence-corrected chi connectivity index (χ1v) is 9.94. The van der Waals surface area contributed by atoms with Crippen molar-refractivity contribution >= 4 is 12.0 Å². The lowest BCUT2D eigenvalue weighted by atomic mass is 9.97. The van der Waals surface area contributed by atoms with Gasteiger partial charge in [0.2, 0.25) is 11.9 Å². The number of carbonyl (C=O) groups is 2. The van der Waals surface area contributed by atoms with E-state index in [-0.39, 0.29) is 18.4 Å². The molecule has 0 spiro atoms. The van der Waals surface area contributed by atoms with Gasteiger partial charge < -0.3 is 10.4 Å². The number of carboxylic acid groups (broad SMARTS) is 1. The molecule has 2 fully saturated rings. The van der Waals surface area contributed by atoms with Crippen LogP contribution in [0.5, 0.6) is 0 Å². The molecule has 2 heterocycles. The molecule has 30 heavy (non-hydrogen) atoms. The molecule has 2 amide bonds. The molecule has 158 valence electrons. The summed E-state index contributed by atoms with van der Waals surface area (Å²) in [5, 5.41) is 12.0. The van der Waals surface area contributed by atoms with E-state index in [1.165, 1.54) is 0 Å². The van der Waals surface area contributed by atoms with E-state index in [4.69, 9.17) is 0 Å². The Morgan fingerprint density at radius 2 is 1.93 bits per heavy atom. The highest BCUT2D eigenvalue weighted by atomic mass is 19.1. The second-order valence-electron chi connectivity index (χ2n) is 8.27.